The van der Waals surface area contributed by atoms with Gasteiger partial charge in [-0.1, -0.05) is 86.4 Å². The van der Waals surface area contributed by atoms with Crippen LogP contribution in [0.3, 0.4) is 0 Å². The van der Waals surface area contributed by atoms with Gasteiger partial charge in [0.2, 0.25) is 0 Å². The highest BCUT2D eigenvalue weighted by Gasteiger charge is 2.12. The maximum Gasteiger partial charge on any atom is 0.310 e. The molecule has 0 aliphatic heterocycles. The molecule has 39 heavy (non-hydrogen) atoms. The van der Waals surface area contributed by atoms with Crippen LogP contribution in [0, 0.1) is 0 Å². The standard InChI is InChI=1S/C34H42NO4/c1-35(2,3)31-20-15-29(16-21-31)27-34(37)39-26-12-7-5-4-6-11-25-38-32-22-17-28(18-23-32)19-24-33(36)30-13-9-8-10-14-30/h8-10,13-24H,4-7,11-12,25-27H2,1-3H3/q+1/b24-19+. The summed E-state index contributed by atoms with van der Waals surface area (Å²) in [6.45, 7) is 1.18. The molecule has 3 rings (SSSR count). The van der Waals surface area contributed by atoms with Crippen molar-refractivity contribution in [2.45, 2.75) is 44.9 Å². The molecule has 0 bridgehead atoms. The second kappa shape index (κ2) is 15.6. The van der Waals surface area contributed by atoms with Crippen molar-refractivity contribution in [3.8, 4) is 5.75 Å². The van der Waals surface area contributed by atoms with Gasteiger partial charge < -0.3 is 9.47 Å². The van der Waals surface area contributed by atoms with E-state index in [1.165, 1.54) is 5.69 Å². The summed E-state index contributed by atoms with van der Waals surface area (Å²) in [7, 11) is 6.36. The van der Waals surface area contributed by atoms with Crippen molar-refractivity contribution in [3.63, 3.8) is 0 Å². The number of hydrogen-bond donors (Lipinski definition) is 0. The minimum atomic E-state index is -0.158. The summed E-state index contributed by atoms with van der Waals surface area (Å²) in [6.07, 6.45) is 10.1. The van der Waals surface area contributed by atoms with Crippen LogP contribution in [0.25, 0.3) is 6.08 Å². The number of quaternary nitrogens is 1. The van der Waals surface area contributed by atoms with E-state index in [1.54, 1.807) is 6.08 Å². The largest absolute Gasteiger partial charge is 0.494 e. The van der Waals surface area contributed by atoms with Gasteiger partial charge in [-0.2, -0.15) is 0 Å². The van der Waals surface area contributed by atoms with E-state index in [0.717, 1.165) is 59.9 Å². The monoisotopic (exact) mass is 528 g/mol. The topological polar surface area (TPSA) is 52.6 Å². The lowest BCUT2D eigenvalue weighted by Crippen LogP contribution is -2.34. The average molecular weight is 529 g/mol. The molecule has 5 nitrogen and oxygen atoms in total. The molecule has 0 aliphatic rings. The van der Waals surface area contributed by atoms with E-state index in [4.69, 9.17) is 9.47 Å². The van der Waals surface area contributed by atoms with E-state index in [1.807, 2.05) is 72.8 Å². The Morgan fingerprint density at radius 2 is 1.33 bits per heavy atom. The van der Waals surface area contributed by atoms with Gasteiger partial charge in [0.05, 0.1) is 40.8 Å². The first-order valence-corrected chi connectivity index (χ1v) is 13.9. The zero-order chi connectivity index (χ0) is 27.9. The molecule has 0 atom stereocenters. The number of nitrogens with zero attached hydrogens (tertiary/aromatic N) is 1. The Morgan fingerprint density at radius 3 is 1.97 bits per heavy atom. The Hall–Kier alpha value is -3.70. The van der Waals surface area contributed by atoms with Gasteiger partial charge in [0.25, 0.3) is 0 Å². The number of ether oxygens (including phenoxy) is 2. The quantitative estimate of drug-likeness (QED) is 0.0644. The molecule has 0 saturated heterocycles. The van der Waals surface area contributed by atoms with Gasteiger partial charge >= 0.3 is 5.97 Å². The van der Waals surface area contributed by atoms with Gasteiger partial charge in [-0.15, -0.1) is 0 Å². The number of carbonyl (C=O) groups is 2. The van der Waals surface area contributed by atoms with Crippen molar-refractivity contribution in [3.05, 3.63) is 102 Å². The van der Waals surface area contributed by atoms with Crippen molar-refractivity contribution in [2.75, 3.05) is 34.4 Å². The number of carbonyl (C=O) groups excluding carboxylic acids is 2. The molecule has 0 spiro atoms. The summed E-state index contributed by atoms with van der Waals surface area (Å²) in [5, 5.41) is 0. The molecule has 3 aromatic carbocycles. The smallest absolute Gasteiger partial charge is 0.310 e. The van der Waals surface area contributed by atoms with E-state index in [-0.39, 0.29) is 11.8 Å². The molecule has 5 heteroatoms. The Labute approximate surface area is 233 Å². The summed E-state index contributed by atoms with van der Waals surface area (Å²) < 4.78 is 12.0. The fourth-order valence-corrected chi connectivity index (χ4v) is 4.11. The first-order chi connectivity index (χ1) is 18.8. The van der Waals surface area contributed by atoms with Crippen LogP contribution in [0.1, 0.15) is 60.0 Å². The van der Waals surface area contributed by atoms with Gasteiger partial charge in [0.15, 0.2) is 5.78 Å². The maximum absolute atomic E-state index is 12.2. The summed E-state index contributed by atoms with van der Waals surface area (Å²) >= 11 is 0. The zero-order valence-electron chi connectivity index (χ0n) is 23.6. The maximum atomic E-state index is 12.2. The van der Waals surface area contributed by atoms with Crippen molar-refractivity contribution in [2.24, 2.45) is 0 Å². The van der Waals surface area contributed by atoms with Gasteiger partial charge in [-0.25, -0.2) is 0 Å². The minimum Gasteiger partial charge on any atom is -0.494 e. The highest BCUT2D eigenvalue weighted by molar-refractivity contribution is 6.06. The van der Waals surface area contributed by atoms with Crippen molar-refractivity contribution >= 4 is 23.5 Å². The normalized spacial score (nSPS) is 11.5. The third-order valence-electron chi connectivity index (χ3n) is 6.50. The van der Waals surface area contributed by atoms with Crippen LogP contribution in [-0.4, -0.2) is 46.1 Å². The minimum absolute atomic E-state index is 0.00531. The Bertz CT molecular complexity index is 1180. The lowest BCUT2D eigenvalue weighted by Gasteiger charge is -2.23. The van der Waals surface area contributed by atoms with Crippen molar-refractivity contribution in [1.82, 2.24) is 4.48 Å². The highest BCUT2D eigenvalue weighted by atomic mass is 16.5. The van der Waals surface area contributed by atoms with Crippen LogP contribution in [-0.2, 0) is 16.0 Å². The van der Waals surface area contributed by atoms with Gasteiger partial charge in [-0.05, 0) is 54.3 Å². The average Bonchev–Trinajstić information content (AvgIpc) is 2.93. The fourth-order valence-electron chi connectivity index (χ4n) is 4.11. The summed E-state index contributed by atoms with van der Waals surface area (Å²) in [6, 6.07) is 25.2. The number of unbranched alkanes of at least 4 members (excludes halogenated alkanes) is 5. The van der Waals surface area contributed by atoms with E-state index in [2.05, 4.69) is 33.3 Å². The third kappa shape index (κ3) is 11.3. The number of allylic oxidation sites excluding steroid dienone is 1. The van der Waals surface area contributed by atoms with Crippen molar-refractivity contribution in [1.29, 1.82) is 0 Å². The van der Waals surface area contributed by atoms with Crippen LogP contribution < -0.4 is 9.22 Å². The fraction of sp³-hybridized carbons (Fsp3) is 0.353. The predicted octanol–water partition coefficient (Wildman–Crippen LogP) is 7.28. The summed E-state index contributed by atoms with van der Waals surface area (Å²) in [4.78, 5) is 24.3. The van der Waals surface area contributed by atoms with E-state index >= 15 is 0 Å². The zero-order valence-corrected chi connectivity index (χ0v) is 23.6. The molecule has 206 valence electrons. The molecule has 0 fully saturated rings. The van der Waals surface area contributed by atoms with Crippen LogP contribution in [0.15, 0.2) is 84.9 Å². The first-order valence-electron chi connectivity index (χ1n) is 13.9. The number of rotatable bonds is 16. The van der Waals surface area contributed by atoms with E-state index in [9.17, 15) is 9.59 Å². The molecule has 0 saturated carbocycles. The molecule has 0 N–H and O–H groups in total. The molecule has 0 heterocycles. The van der Waals surface area contributed by atoms with Gasteiger partial charge in [0.1, 0.15) is 11.4 Å². The lowest BCUT2D eigenvalue weighted by molar-refractivity contribution is -0.142. The van der Waals surface area contributed by atoms with Crippen LogP contribution >= 0.6 is 0 Å². The Morgan fingerprint density at radius 1 is 0.718 bits per heavy atom. The number of ketones is 1. The summed E-state index contributed by atoms with van der Waals surface area (Å²) in [5.74, 6) is 0.678. The Balaban J connectivity index is 1.19. The molecular weight excluding hydrogens is 486 g/mol. The van der Waals surface area contributed by atoms with Gasteiger partial charge in [0, 0.05) is 5.56 Å². The second-order valence-electron chi connectivity index (χ2n) is 10.7. The molecule has 0 aromatic heterocycles. The van der Waals surface area contributed by atoms with Gasteiger partial charge in [-0.3, -0.25) is 14.1 Å². The van der Waals surface area contributed by atoms with Crippen molar-refractivity contribution < 1.29 is 19.1 Å². The summed E-state index contributed by atoms with van der Waals surface area (Å²) in [5.41, 5.74) is 3.84. The lowest BCUT2D eigenvalue weighted by atomic mass is 10.1. The molecule has 0 aliphatic carbocycles. The van der Waals surface area contributed by atoms with Crippen LogP contribution in [0.5, 0.6) is 5.75 Å². The SMILES string of the molecule is C[N+](C)(C)c1ccc(CC(=O)OCCCCCCCCOc2ccc(/C=C/C(=O)c3ccccc3)cc2)cc1. The van der Waals surface area contributed by atoms with Crippen LogP contribution in [0.4, 0.5) is 5.69 Å². The van der Waals surface area contributed by atoms with E-state index in [0.29, 0.717) is 25.2 Å². The third-order valence-corrected chi connectivity index (χ3v) is 6.50. The molecule has 0 amide bonds. The van der Waals surface area contributed by atoms with E-state index < -0.39 is 0 Å². The number of esters is 1. The van der Waals surface area contributed by atoms with Crippen LogP contribution in [0.2, 0.25) is 0 Å². The number of hydrogen-bond acceptors (Lipinski definition) is 4. The first kappa shape index (κ1) is 29.9. The molecular formula is C34H42NO4+. The number of benzene rings is 3. The molecule has 3 aromatic rings. The second-order valence-corrected chi connectivity index (χ2v) is 10.7. The Kier molecular flexibility index (Phi) is 12.0. The molecule has 0 unspecified atom stereocenters. The highest BCUT2D eigenvalue weighted by Crippen LogP contribution is 2.18. The molecule has 0 radical (unpaired) electrons. The predicted molar refractivity (Wildman–Crippen MR) is 160 cm³/mol.